The number of halogens is 1. The van der Waals surface area contributed by atoms with Crippen molar-refractivity contribution in [3.05, 3.63) is 40.9 Å². The molecule has 26 heavy (non-hydrogen) atoms. The molecule has 138 valence electrons. The van der Waals surface area contributed by atoms with Gasteiger partial charge in [0.05, 0.1) is 5.75 Å². The van der Waals surface area contributed by atoms with Crippen molar-refractivity contribution in [1.82, 2.24) is 19.8 Å². The highest BCUT2D eigenvalue weighted by Gasteiger charge is 2.21. The van der Waals surface area contributed by atoms with Crippen LogP contribution >= 0.6 is 23.4 Å². The van der Waals surface area contributed by atoms with Gasteiger partial charge in [-0.15, -0.1) is 0 Å². The van der Waals surface area contributed by atoms with Crippen LogP contribution < -0.4 is 11.5 Å². The minimum Gasteiger partial charge on any atom is -0.383 e. The Morgan fingerprint density at radius 1 is 1.12 bits per heavy atom. The molecule has 0 radical (unpaired) electrons. The maximum absolute atomic E-state index is 12.4. The SMILES string of the molecule is Nc1cc(N)nc(SCC(=O)N2CCN(Cc3cccc(Cl)c3)CC2)n1. The fourth-order valence-corrected chi connectivity index (χ4v) is 3.78. The Balaban J connectivity index is 1.46. The molecule has 1 aliphatic rings. The maximum atomic E-state index is 12.4. The van der Waals surface area contributed by atoms with Gasteiger partial charge in [-0.1, -0.05) is 35.5 Å². The molecule has 1 fully saturated rings. The van der Waals surface area contributed by atoms with Crippen LogP contribution in [0.5, 0.6) is 0 Å². The second-order valence-corrected chi connectivity index (χ2v) is 7.45. The summed E-state index contributed by atoms with van der Waals surface area (Å²) < 4.78 is 0. The van der Waals surface area contributed by atoms with Crippen molar-refractivity contribution in [2.75, 3.05) is 43.4 Å². The van der Waals surface area contributed by atoms with Gasteiger partial charge in [-0.25, -0.2) is 9.97 Å². The Bertz CT molecular complexity index is 761. The molecule has 0 aliphatic carbocycles. The zero-order chi connectivity index (χ0) is 18.5. The third-order valence-electron chi connectivity index (χ3n) is 4.09. The third-order valence-corrected chi connectivity index (χ3v) is 5.16. The van der Waals surface area contributed by atoms with Gasteiger partial charge in [-0.05, 0) is 17.7 Å². The zero-order valence-corrected chi connectivity index (χ0v) is 15.8. The van der Waals surface area contributed by atoms with Crippen LogP contribution in [0.3, 0.4) is 0 Å². The first-order valence-corrected chi connectivity index (χ1v) is 9.63. The molecule has 0 spiro atoms. The predicted molar refractivity (Wildman–Crippen MR) is 105 cm³/mol. The van der Waals surface area contributed by atoms with Gasteiger partial charge in [-0.3, -0.25) is 9.69 Å². The molecule has 0 unspecified atom stereocenters. The van der Waals surface area contributed by atoms with Crippen LogP contribution in [-0.4, -0.2) is 57.6 Å². The molecule has 3 rings (SSSR count). The number of nitrogens with two attached hydrogens (primary N) is 2. The van der Waals surface area contributed by atoms with Crippen molar-refractivity contribution in [2.24, 2.45) is 0 Å². The first kappa shape index (κ1) is 18.8. The fraction of sp³-hybridized carbons (Fsp3) is 0.353. The van der Waals surface area contributed by atoms with E-state index < -0.39 is 0 Å². The molecule has 0 saturated carbocycles. The molecule has 0 bridgehead atoms. The molecule has 9 heteroatoms. The first-order chi connectivity index (χ1) is 12.5. The predicted octanol–water partition coefficient (Wildman–Crippen LogP) is 1.73. The topological polar surface area (TPSA) is 101 Å². The highest BCUT2D eigenvalue weighted by molar-refractivity contribution is 7.99. The molecular weight excluding hydrogens is 372 g/mol. The number of carbonyl (C=O) groups excluding carboxylic acids is 1. The smallest absolute Gasteiger partial charge is 0.233 e. The molecule has 4 N–H and O–H groups in total. The Labute approximate surface area is 161 Å². The fourth-order valence-electron chi connectivity index (χ4n) is 2.79. The van der Waals surface area contributed by atoms with E-state index in [0.29, 0.717) is 29.9 Å². The average molecular weight is 393 g/mol. The molecule has 1 aromatic carbocycles. The van der Waals surface area contributed by atoms with E-state index in [1.54, 1.807) is 0 Å². The summed E-state index contributed by atoms with van der Waals surface area (Å²) in [5.74, 6) is 0.961. The van der Waals surface area contributed by atoms with Crippen LogP contribution in [-0.2, 0) is 11.3 Å². The lowest BCUT2D eigenvalue weighted by atomic mass is 10.2. The summed E-state index contributed by atoms with van der Waals surface area (Å²) in [6, 6.07) is 9.37. The molecule has 1 amide bonds. The number of hydrogen-bond acceptors (Lipinski definition) is 7. The van der Waals surface area contributed by atoms with Gasteiger partial charge in [0.25, 0.3) is 0 Å². The number of anilines is 2. The summed E-state index contributed by atoms with van der Waals surface area (Å²) in [7, 11) is 0. The largest absolute Gasteiger partial charge is 0.383 e. The number of piperazine rings is 1. The van der Waals surface area contributed by atoms with Crippen molar-refractivity contribution >= 4 is 40.9 Å². The lowest BCUT2D eigenvalue weighted by Crippen LogP contribution is -2.48. The number of amides is 1. The normalized spacial score (nSPS) is 15.2. The number of thioether (sulfide) groups is 1. The summed E-state index contributed by atoms with van der Waals surface area (Å²) in [5, 5.41) is 1.17. The van der Waals surface area contributed by atoms with Crippen LogP contribution in [0.2, 0.25) is 5.02 Å². The summed E-state index contributed by atoms with van der Waals surface area (Å²) in [6.07, 6.45) is 0. The first-order valence-electron chi connectivity index (χ1n) is 8.27. The van der Waals surface area contributed by atoms with Crippen molar-refractivity contribution in [3.63, 3.8) is 0 Å². The summed E-state index contributed by atoms with van der Waals surface area (Å²) in [5.41, 5.74) is 12.5. The van der Waals surface area contributed by atoms with Crippen molar-refractivity contribution in [2.45, 2.75) is 11.7 Å². The van der Waals surface area contributed by atoms with Gasteiger partial charge >= 0.3 is 0 Å². The Morgan fingerprint density at radius 3 is 2.46 bits per heavy atom. The quantitative estimate of drug-likeness (QED) is 0.590. The molecule has 0 atom stereocenters. The number of nitrogens with zero attached hydrogens (tertiary/aromatic N) is 4. The minimum atomic E-state index is 0.0713. The van der Waals surface area contributed by atoms with E-state index in [2.05, 4.69) is 20.9 Å². The number of aromatic nitrogens is 2. The second kappa shape index (κ2) is 8.57. The van der Waals surface area contributed by atoms with Crippen molar-refractivity contribution < 1.29 is 4.79 Å². The highest BCUT2D eigenvalue weighted by Crippen LogP contribution is 2.18. The minimum absolute atomic E-state index is 0.0713. The monoisotopic (exact) mass is 392 g/mol. The van der Waals surface area contributed by atoms with Crippen molar-refractivity contribution in [3.8, 4) is 0 Å². The number of benzene rings is 1. The van der Waals surface area contributed by atoms with Crippen LogP contribution in [0.1, 0.15) is 5.56 Å². The van der Waals surface area contributed by atoms with Crippen LogP contribution in [0, 0.1) is 0 Å². The highest BCUT2D eigenvalue weighted by atomic mass is 35.5. The van der Waals surface area contributed by atoms with Crippen LogP contribution in [0.15, 0.2) is 35.5 Å². The van der Waals surface area contributed by atoms with Gasteiger partial charge in [0, 0.05) is 43.8 Å². The Hall–Kier alpha value is -2.03. The van der Waals surface area contributed by atoms with Gasteiger partial charge in [0.2, 0.25) is 5.91 Å². The van der Waals surface area contributed by atoms with Crippen molar-refractivity contribution in [1.29, 1.82) is 0 Å². The second-order valence-electron chi connectivity index (χ2n) is 6.08. The van der Waals surface area contributed by atoms with E-state index in [1.165, 1.54) is 23.4 Å². The van der Waals surface area contributed by atoms with E-state index in [9.17, 15) is 4.79 Å². The van der Waals surface area contributed by atoms with Gasteiger partial charge < -0.3 is 16.4 Å². The van der Waals surface area contributed by atoms with Gasteiger partial charge in [-0.2, -0.15) is 0 Å². The number of hydrogen-bond donors (Lipinski definition) is 2. The van der Waals surface area contributed by atoms with E-state index in [0.717, 1.165) is 24.7 Å². The number of nitrogen functional groups attached to an aromatic ring is 2. The molecule has 2 heterocycles. The molecule has 2 aromatic rings. The Kier molecular flexibility index (Phi) is 6.18. The lowest BCUT2D eigenvalue weighted by Gasteiger charge is -2.34. The number of carbonyl (C=O) groups is 1. The van der Waals surface area contributed by atoms with Crippen LogP contribution in [0.25, 0.3) is 0 Å². The molecule has 1 aromatic heterocycles. The molecule has 1 aliphatic heterocycles. The third kappa shape index (κ3) is 5.23. The van der Waals surface area contributed by atoms with E-state index in [4.69, 9.17) is 23.1 Å². The van der Waals surface area contributed by atoms with Gasteiger partial charge in [0.15, 0.2) is 5.16 Å². The van der Waals surface area contributed by atoms with E-state index in [-0.39, 0.29) is 11.7 Å². The molecule has 7 nitrogen and oxygen atoms in total. The van der Waals surface area contributed by atoms with E-state index >= 15 is 0 Å². The summed E-state index contributed by atoms with van der Waals surface area (Å²) >= 11 is 7.29. The van der Waals surface area contributed by atoms with Gasteiger partial charge in [0.1, 0.15) is 11.6 Å². The van der Waals surface area contributed by atoms with Crippen LogP contribution in [0.4, 0.5) is 11.6 Å². The number of rotatable bonds is 5. The summed E-state index contributed by atoms with van der Waals surface area (Å²) in [6.45, 7) is 3.93. The summed E-state index contributed by atoms with van der Waals surface area (Å²) in [4.78, 5) is 24.8. The standard InChI is InChI=1S/C17H21ClN6OS/c18-13-3-1-2-12(8-13)10-23-4-6-24(7-5-23)16(25)11-26-17-21-14(19)9-15(20)22-17/h1-3,8-9H,4-7,10-11H2,(H4,19,20,21,22). The molecular formula is C17H21ClN6OS. The Morgan fingerprint density at radius 2 is 1.81 bits per heavy atom. The van der Waals surface area contributed by atoms with E-state index in [1.807, 2.05) is 23.1 Å². The lowest BCUT2D eigenvalue weighted by molar-refractivity contribution is -0.130. The maximum Gasteiger partial charge on any atom is 0.233 e. The molecule has 1 saturated heterocycles. The zero-order valence-electron chi connectivity index (χ0n) is 14.3. The average Bonchev–Trinajstić information content (AvgIpc) is 2.59.